The fraction of sp³-hybridized carbons (Fsp3) is 0.636. The van der Waals surface area contributed by atoms with Gasteiger partial charge in [0.25, 0.3) is 0 Å². The van der Waals surface area contributed by atoms with Gasteiger partial charge in [0.1, 0.15) is 4.88 Å². The molecule has 1 fully saturated rings. The van der Waals surface area contributed by atoms with Crippen LogP contribution in [-0.4, -0.2) is 17.3 Å². The molecule has 0 spiro atoms. The van der Waals surface area contributed by atoms with E-state index in [1.165, 1.54) is 11.4 Å². The molecule has 2 nitrogen and oxygen atoms in total. The van der Waals surface area contributed by atoms with E-state index in [1.54, 1.807) is 0 Å². The van der Waals surface area contributed by atoms with Crippen molar-refractivity contribution in [2.24, 2.45) is 0 Å². The summed E-state index contributed by atoms with van der Waals surface area (Å²) in [5, 5.41) is 14.0. The third-order valence-corrected chi connectivity index (χ3v) is 4.04. The molecule has 0 aliphatic heterocycles. The van der Waals surface area contributed by atoms with Gasteiger partial charge in [0.15, 0.2) is 0 Å². The maximum absolute atomic E-state index is 12.6. The maximum Gasteiger partial charge on any atom is 0.425 e. The lowest BCUT2D eigenvalue weighted by Crippen LogP contribution is -2.35. The average molecular weight is 265 g/mol. The molecule has 2 rings (SSSR count). The molecule has 1 aromatic rings. The van der Waals surface area contributed by atoms with Gasteiger partial charge in [-0.2, -0.15) is 13.2 Å². The number of alkyl halides is 3. The Labute approximate surface area is 101 Å². The molecule has 0 amide bonds. The molecular formula is C11H14F3NOS. The molecule has 1 saturated carbocycles. The Balaban J connectivity index is 1.97. The molecule has 1 aromatic heterocycles. The van der Waals surface area contributed by atoms with Crippen molar-refractivity contribution in [3.05, 3.63) is 21.9 Å². The lowest BCUT2D eigenvalue weighted by molar-refractivity contribution is -0.134. The number of hydrogen-bond donors (Lipinski definition) is 2. The van der Waals surface area contributed by atoms with Crippen LogP contribution in [0.5, 0.6) is 0 Å². The Morgan fingerprint density at radius 2 is 2.18 bits per heavy atom. The molecule has 0 unspecified atom stereocenters. The second kappa shape index (κ2) is 4.96. The molecule has 1 aliphatic carbocycles. The molecule has 0 radical (unpaired) electrons. The number of halogens is 3. The average Bonchev–Trinajstić information content (AvgIpc) is 2.82. The van der Waals surface area contributed by atoms with Gasteiger partial charge in [-0.25, -0.2) is 0 Å². The van der Waals surface area contributed by atoms with E-state index < -0.39 is 17.2 Å². The second-order valence-corrected chi connectivity index (χ2v) is 5.17. The van der Waals surface area contributed by atoms with Gasteiger partial charge in [-0.3, -0.25) is 0 Å². The molecule has 1 heterocycles. The minimum absolute atomic E-state index is 0.0732. The van der Waals surface area contributed by atoms with Crippen LogP contribution in [0.3, 0.4) is 0 Å². The van der Waals surface area contributed by atoms with E-state index in [2.05, 4.69) is 5.32 Å². The maximum atomic E-state index is 12.6. The summed E-state index contributed by atoms with van der Waals surface area (Å²) in [7, 11) is 0. The highest BCUT2D eigenvalue weighted by molar-refractivity contribution is 7.10. The van der Waals surface area contributed by atoms with E-state index in [0.29, 0.717) is 11.3 Å². The zero-order valence-corrected chi connectivity index (χ0v) is 9.94. The first-order valence-corrected chi connectivity index (χ1v) is 6.41. The van der Waals surface area contributed by atoms with E-state index in [4.69, 9.17) is 0 Å². The summed E-state index contributed by atoms with van der Waals surface area (Å²) >= 11 is 0.712. The van der Waals surface area contributed by atoms with Crippen LogP contribution in [0.15, 0.2) is 11.4 Å². The Morgan fingerprint density at radius 1 is 1.41 bits per heavy atom. The van der Waals surface area contributed by atoms with Gasteiger partial charge in [-0.05, 0) is 36.3 Å². The predicted molar refractivity (Wildman–Crippen MR) is 59.8 cm³/mol. The minimum atomic E-state index is -4.28. The van der Waals surface area contributed by atoms with E-state index >= 15 is 0 Å². The number of rotatable bonds is 3. The van der Waals surface area contributed by atoms with Crippen LogP contribution in [0.25, 0.3) is 0 Å². The molecule has 0 saturated heterocycles. The summed E-state index contributed by atoms with van der Waals surface area (Å²) in [6.07, 6.45) is -2.23. The van der Waals surface area contributed by atoms with Crippen LogP contribution >= 0.6 is 11.3 Å². The molecule has 2 N–H and O–H groups in total. The summed E-state index contributed by atoms with van der Waals surface area (Å²) in [4.78, 5) is -0.544. The summed E-state index contributed by atoms with van der Waals surface area (Å²) in [5.74, 6) is 0. The fourth-order valence-corrected chi connectivity index (χ4v) is 2.94. The first kappa shape index (κ1) is 12.9. The Hall–Kier alpha value is -0.590. The number of hydrogen-bond acceptors (Lipinski definition) is 3. The molecule has 0 bridgehead atoms. The van der Waals surface area contributed by atoms with Gasteiger partial charge in [-0.15, -0.1) is 11.3 Å². The number of nitrogens with one attached hydrogen (secondary N) is 1. The molecule has 96 valence electrons. The van der Waals surface area contributed by atoms with Gasteiger partial charge in [0, 0.05) is 12.6 Å². The van der Waals surface area contributed by atoms with Crippen molar-refractivity contribution in [1.29, 1.82) is 0 Å². The van der Waals surface area contributed by atoms with Gasteiger partial charge in [0.05, 0.1) is 6.10 Å². The second-order valence-electron chi connectivity index (χ2n) is 4.26. The Morgan fingerprint density at radius 3 is 2.76 bits per heavy atom. The highest BCUT2D eigenvalue weighted by Gasteiger charge is 2.35. The summed E-state index contributed by atoms with van der Waals surface area (Å²) in [6, 6.07) is 1.41. The van der Waals surface area contributed by atoms with Gasteiger partial charge in [0.2, 0.25) is 0 Å². The Bertz CT molecular complexity index is 377. The van der Waals surface area contributed by atoms with Crippen LogP contribution in [0, 0.1) is 0 Å². The molecule has 0 aromatic carbocycles. The van der Waals surface area contributed by atoms with Crippen LogP contribution < -0.4 is 5.32 Å². The first-order chi connectivity index (χ1) is 7.98. The zero-order chi connectivity index (χ0) is 12.5. The monoisotopic (exact) mass is 265 g/mol. The first-order valence-electron chi connectivity index (χ1n) is 5.53. The number of aliphatic hydroxyl groups is 1. The molecule has 1 aliphatic rings. The minimum Gasteiger partial charge on any atom is -0.392 e. The van der Waals surface area contributed by atoms with Crippen molar-refractivity contribution in [1.82, 2.24) is 5.32 Å². The largest absolute Gasteiger partial charge is 0.425 e. The molecular weight excluding hydrogens is 251 g/mol. The van der Waals surface area contributed by atoms with Crippen molar-refractivity contribution in [3.63, 3.8) is 0 Å². The van der Waals surface area contributed by atoms with E-state index in [-0.39, 0.29) is 18.2 Å². The van der Waals surface area contributed by atoms with E-state index in [0.717, 1.165) is 19.3 Å². The van der Waals surface area contributed by atoms with Crippen molar-refractivity contribution in [2.75, 3.05) is 0 Å². The van der Waals surface area contributed by atoms with Crippen molar-refractivity contribution >= 4 is 11.3 Å². The molecule has 2 atom stereocenters. The SMILES string of the molecule is O[C@@H]1CCC[C@H]1NCc1ccsc1C(F)(F)F. The number of thiophene rings is 1. The summed E-state index contributed by atoms with van der Waals surface area (Å²) < 4.78 is 37.8. The lowest BCUT2D eigenvalue weighted by atomic mass is 10.2. The summed E-state index contributed by atoms with van der Waals surface area (Å²) in [5.41, 5.74) is 0.265. The van der Waals surface area contributed by atoms with Crippen LogP contribution in [0.2, 0.25) is 0 Å². The van der Waals surface area contributed by atoms with Gasteiger partial charge >= 0.3 is 6.18 Å². The highest BCUT2D eigenvalue weighted by atomic mass is 32.1. The standard InChI is InChI=1S/C11H14F3NOS/c12-11(13,14)10-7(4-5-17-10)6-15-8-2-1-3-9(8)16/h4-5,8-9,15-16H,1-3,6H2/t8-,9-/m1/s1. The highest BCUT2D eigenvalue weighted by Crippen LogP contribution is 2.36. The van der Waals surface area contributed by atoms with Gasteiger partial charge < -0.3 is 10.4 Å². The topological polar surface area (TPSA) is 32.3 Å². The predicted octanol–water partition coefficient (Wildman–Crippen LogP) is 2.77. The zero-order valence-electron chi connectivity index (χ0n) is 9.13. The molecule has 6 heteroatoms. The normalized spacial score (nSPS) is 25.4. The third kappa shape index (κ3) is 3.00. The van der Waals surface area contributed by atoms with Crippen molar-refractivity contribution in [3.8, 4) is 0 Å². The molecule has 17 heavy (non-hydrogen) atoms. The van der Waals surface area contributed by atoms with Gasteiger partial charge in [-0.1, -0.05) is 0 Å². The van der Waals surface area contributed by atoms with Crippen molar-refractivity contribution < 1.29 is 18.3 Å². The van der Waals surface area contributed by atoms with Crippen molar-refractivity contribution in [2.45, 2.75) is 44.1 Å². The number of aliphatic hydroxyl groups excluding tert-OH is 1. The smallest absolute Gasteiger partial charge is 0.392 e. The third-order valence-electron chi connectivity index (χ3n) is 3.04. The van der Waals surface area contributed by atoms with Crippen LogP contribution in [0.1, 0.15) is 29.7 Å². The van der Waals surface area contributed by atoms with E-state index in [1.807, 2.05) is 0 Å². The lowest BCUT2D eigenvalue weighted by Gasteiger charge is -2.17. The fourth-order valence-electron chi connectivity index (χ4n) is 2.14. The quantitative estimate of drug-likeness (QED) is 0.880. The van der Waals surface area contributed by atoms with Crippen LogP contribution in [0.4, 0.5) is 13.2 Å². The van der Waals surface area contributed by atoms with Crippen LogP contribution in [-0.2, 0) is 12.7 Å². The summed E-state index contributed by atoms with van der Waals surface area (Å²) in [6.45, 7) is 0.167. The van der Waals surface area contributed by atoms with E-state index in [9.17, 15) is 18.3 Å². The Kier molecular flexibility index (Phi) is 3.75.